The van der Waals surface area contributed by atoms with Crippen molar-refractivity contribution in [3.63, 3.8) is 0 Å². The Bertz CT molecular complexity index is 411. The fourth-order valence-corrected chi connectivity index (χ4v) is 1.47. The molecule has 0 aliphatic carbocycles. The molecule has 1 unspecified atom stereocenters. The van der Waals surface area contributed by atoms with Crippen molar-refractivity contribution < 1.29 is 19.0 Å². The van der Waals surface area contributed by atoms with Crippen molar-refractivity contribution in [3.8, 4) is 5.75 Å². The molecule has 16 heavy (non-hydrogen) atoms. The van der Waals surface area contributed by atoms with E-state index in [1.165, 1.54) is 19.2 Å². The average Bonchev–Trinajstić information content (AvgIpc) is 2.20. The van der Waals surface area contributed by atoms with Crippen LogP contribution in [0, 0.1) is 5.82 Å². The zero-order valence-electron chi connectivity index (χ0n) is 8.54. The molecule has 0 spiro atoms. The van der Waals surface area contributed by atoms with Gasteiger partial charge in [0.1, 0.15) is 0 Å². The Morgan fingerprint density at radius 2 is 2.31 bits per heavy atom. The summed E-state index contributed by atoms with van der Waals surface area (Å²) in [5, 5.41) is 8.43. The maximum absolute atomic E-state index is 13.3. The summed E-state index contributed by atoms with van der Waals surface area (Å²) in [6, 6.07) is 1.89. The summed E-state index contributed by atoms with van der Waals surface area (Å²) in [7, 11) is 1.29. The lowest BCUT2D eigenvalue weighted by molar-refractivity contribution is -0.137. The van der Waals surface area contributed by atoms with Gasteiger partial charge in [0.05, 0.1) is 18.6 Å². The van der Waals surface area contributed by atoms with Crippen molar-refractivity contribution in [2.24, 2.45) is 5.73 Å². The highest BCUT2D eigenvalue weighted by Gasteiger charge is 2.16. The summed E-state index contributed by atoms with van der Waals surface area (Å²) < 4.78 is 18.1. The number of hydrogen-bond acceptors (Lipinski definition) is 3. The smallest absolute Gasteiger partial charge is 0.305 e. The van der Waals surface area contributed by atoms with Crippen molar-refractivity contribution in [2.45, 2.75) is 12.5 Å². The van der Waals surface area contributed by atoms with E-state index < -0.39 is 17.8 Å². The fraction of sp³-hybridized carbons (Fsp3) is 0.300. The largest absolute Gasteiger partial charge is 0.494 e. The molecule has 6 heteroatoms. The fourth-order valence-electron chi connectivity index (χ4n) is 1.25. The van der Waals surface area contributed by atoms with Crippen LogP contribution in [0.4, 0.5) is 4.39 Å². The van der Waals surface area contributed by atoms with Crippen LogP contribution in [0.1, 0.15) is 18.0 Å². The van der Waals surface area contributed by atoms with Crippen molar-refractivity contribution in [2.75, 3.05) is 7.11 Å². The van der Waals surface area contributed by atoms with Crippen LogP contribution in [0.2, 0.25) is 5.02 Å². The maximum Gasteiger partial charge on any atom is 0.305 e. The van der Waals surface area contributed by atoms with Crippen LogP contribution in [0.25, 0.3) is 0 Å². The molecule has 0 aliphatic heterocycles. The van der Waals surface area contributed by atoms with Gasteiger partial charge in [-0.15, -0.1) is 0 Å². The van der Waals surface area contributed by atoms with Gasteiger partial charge in [-0.25, -0.2) is 4.39 Å². The highest BCUT2D eigenvalue weighted by Crippen LogP contribution is 2.29. The molecule has 0 radical (unpaired) electrons. The van der Waals surface area contributed by atoms with Crippen LogP contribution < -0.4 is 10.5 Å². The monoisotopic (exact) mass is 247 g/mol. The van der Waals surface area contributed by atoms with Crippen LogP contribution in [0.3, 0.4) is 0 Å². The predicted molar refractivity (Wildman–Crippen MR) is 57.1 cm³/mol. The lowest BCUT2D eigenvalue weighted by Crippen LogP contribution is -2.15. The Kier molecular flexibility index (Phi) is 4.09. The number of methoxy groups -OCH3 is 1. The van der Waals surface area contributed by atoms with E-state index in [9.17, 15) is 9.18 Å². The molecule has 1 rings (SSSR count). The van der Waals surface area contributed by atoms with Gasteiger partial charge in [0, 0.05) is 6.04 Å². The third-order valence-electron chi connectivity index (χ3n) is 2.06. The molecular formula is C10H11ClFNO3. The van der Waals surface area contributed by atoms with E-state index in [1.807, 2.05) is 0 Å². The first kappa shape index (κ1) is 12.7. The first-order valence-corrected chi connectivity index (χ1v) is 4.83. The zero-order valence-corrected chi connectivity index (χ0v) is 9.29. The second-order valence-corrected chi connectivity index (χ2v) is 3.63. The first-order chi connectivity index (χ1) is 7.45. The van der Waals surface area contributed by atoms with Crippen LogP contribution in [-0.2, 0) is 4.79 Å². The van der Waals surface area contributed by atoms with Gasteiger partial charge in [0.2, 0.25) is 0 Å². The Hall–Kier alpha value is -1.33. The van der Waals surface area contributed by atoms with E-state index in [2.05, 4.69) is 0 Å². The number of hydrogen-bond donors (Lipinski definition) is 2. The molecular weight excluding hydrogens is 237 g/mol. The molecule has 0 aliphatic rings. The van der Waals surface area contributed by atoms with Crippen molar-refractivity contribution in [1.29, 1.82) is 0 Å². The number of benzene rings is 1. The molecule has 0 fully saturated rings. The molecule has 0 saturated heterocycles. The van der Waals surface area contributed by atoms with E-state index in [4.69, 9.17) is 27.2 Å². The lowest BCUT2D eigenvalue weighted by atomic mass is 10.0. The van der Waals surface area contributed by atoms with Crippen molar-refractivity contribution >= 4 is 17.6 Å². The van der Waals surface area contributed by atoms with Gasteiger partial charge in [0.15, 0.2) is 11.6 Å². The van der Waals surface area contributed by atoms with Gasteiger partial charge in [-0.1, -0.05) is 11.6 Å². The number of carboxylic acids is 1. The summed E-state index contributed by atoms with van der Waals surface area (Å²) in [6.45, 7) is 0. The standard InChI is InChI=1S/C10H11ClFNO3/c1-16-8-3-5(2-6(11)10(8)12)7(13)4-9(14)15/h2-3,7H,4,13H2,1H3,(H,14,15). The molecule has 0 saturated carbocycles. The molecule has 1 aromatic carbocycles. The maximum atomic E-state index is 13.3. The molecule has 0 heterocycles. The van der Waals surface area contributed by atoms with E-state index in [1.54, 1.807) is 0 Å². The molecule has 0 amide bonds. The van der Waals surface area contributed by atoms with Gasteiger partial charge in [-0.05, 0) is 17.7 Å². The summed E-state index contributed by atoms with van der Waals surface area (Å²) in [6.07, 6.45) is -0.259. The number of aliphatic carboxylic acids is 1. The minimum Gasteiger partial charge on any atom is -0.494 e. The van der Waals surface area contributed by atoms with E-state index in [0.717, 1.165) is 0 Å². The van der Waals surface area contributed by atoms with Gasteiger partial charge in [-0.3, -0.25) is 4.79 Å². The summed E-state index contributed by atoms with van der Waals surface area (Å²) in [5.74, 6) is -1.77. The van der Waals surface area contributed by atoms with E-state index in [0.29, 0.717) is 5.56 Å². The second-order valence-electron chi connectivity index (χ2n) is 3.22. The van der Waals surface area contributed by atoms with Gasteiger partial charge in [0.25, 0.3) is 0 Å². The molecule has 4 nitrogen and oxygen atoms in total. The number of halogens is 2. The Labute approximate surface area is 96.8 Å². The summed E-state index contributed by atoms with van der Waals surface area (Å²) in [4.78, 5) is 10.5. The molecule has 1 atom stereocenters. The Morgan fingerprint density at radius 1 is 1.69 bits per heavy atom. The van der Waals surface area contributed by atoms with Gasteiger partial charge < -0.3 is 15.6 Å². The third kappa shape index (κ3) is 2.84. The highest BCUT2D eigenvalue weighted by molar-refractivity contribution is 6.31. The van der Waals surface area contributed by atoms with E-state index >= 15 is 0 Å². The number of rotatable bonds is 4. The van der Waals surface area contributed by atoms with Crippen LogP contribution in [0.15, 0.2) is 12.1 Å². The number of nitrogens with two attached hydrogens (primary N) is 1. The summed E-state index contributed by atoms with van der Waals surface area (Å²) >= 11 is 5.62. The minimum atomic E-state index is -1.04. The average molecular weight is 248 g/mol. The van der Waals surface area contributed by atoms with E-state index in [-0.39, 0.29) is 17.2 Å². The molecule has 0 bridgehead atoms. The molecule has 1 aromatic rings. The van der Waals surface area contributed by atoms with Crippen LogP contribution >= 0.6 is 11.6 Å². The summed E-state index contributed by atoms with van der Waals surface area (Å²) in [5.41, 5.74) is 6.04. The quantitative estimate of drug-likeness (QED) is 0.853. The predicted octanol–water partition coefficient (Wildman–Crippen LogP) is 1.96. The van der Waals surface area contributed by atoms with Gasteiger partial charge in [-0.2, -0.15) is 0 Å². The number of ether oxygens (including phenoxy) is 1. The van der Waals surface area contributed by atoms with Crippen molar-refractivity contribution in [3.05, 3.63) is 28.5 Å². The topological polar surface area (TPSA) is 72.5 Å². The Balaban J connectivity index is 3.05. The first-order valence-electron chi connectivity index (χ1n) is 4.46. The molecule has 88 valence electrons. The minimum absolute atomic E-state index is 0.0525. The molecule has 3 N–H and O–H groups in total. The third-order valence-corrected chi connectivity index (χ3v) is 2.33. The number of carboxylic acid groups (broad SMARTS) is 1. The molecule has 0 aromatic heterocycles. The highest BCUT2D eigenvalue weighted by atomic mass is 35.5. The number of carbonyl (C=O) groups is 1. The van der Waals surface area contributed by atoms with Crippen LogP contribution in [-0.4, -0.2) is 18.2 Å². The zero-order chi connectivity index (χ0) is 12.3. The SMILES string of the molecule is COc1cc(C(N)CC(=O)O)cc(Cl)c1F. The van der Waals surface area contributed by atoms with Gasteiger partial charge >= 0.3 is 5.97 Å². The lowest BCUT2D eigenvalue weighted by Gasteiger charge is -2.12. The van der Waals surface area contributed by atoms with Crippen molar-refractivity contribution in [1.82, 2.24) is 0 Å². The Morgan fingerprint density at radius 3 is 2.81 bits per heavy atom. The second kappa shape index (κ2) is 5.14. The normalized spacial score (nSPS) is 12.2. The van der Waals surface area contributed by atoms with Crippen LogP contribution in [0.5, 0.6) is 5.75 Å².